The van der Waals surface area contributed by atoms with Gasteiger partial charge in [0.2, 0.25) is 0 Å². The molecule has 2 heterocycles. The summed E-state index contributed by atoms with van der Waals surface area (Å²) in [4.78, 5) is 9.36. The molecule has 2 N–H and O–H groups in total. The number of aryl methyl sites for hydroxylation is 1. The largest absolute Gasteiger partial charge is 0.395 e. The van der Waals surface area contributed by atoms with Crippen molar-refractivity contribution in [1.29, 1.82) is 0 Å². The summed E-state index contributed by atoms with van der Waals surface area (Å²) in [7, 11) is 0. The van der Waals surface area contributed by atoms with Gasteiger partial charge in [-0.25, -0.2) is 4.98 Å². The second-order valence-corrected chi connectivity index (χ2v) is 6.19. The van der Waals surface area contributed by atoms with Gasteiger partial charge in [0.05, 0.1) is 6.61 Å². The summed E-state index contributed by atoms with van der Waals surface area (Å²) in [5.74, 6) is 1.12. The van der Waals surface area contributed by atoms with Crippen LogP contribution in [0.25, 0.3) is 0 Å². The van der Waals surface area contributed by atoms with Gasteiger partial charge in [-0.15, -0.1) is 0 Å². The van der Waals surface area contributed by atoms with Crippen molar-refractivity contribution in [2.75, 3.05) is 44.2 Å². The standard InChI is InChI=1S/C16H26N4O/c1-13-10-14(11-17-15-2-3-15)12-18-16(13)20-6-4-19(5-7-20)8-9-21/h10,12,15,17,21H,2-9,11H2,1H3. The van der Waals surface area contributed by atoms with E-state index in [0.29, 0.717) is 0 Å². The summed E-state index contributed by atoms with van der Waals surface area (Å²) < 4.78 is 0. The van der Waals surface area contributed by atoms with E-state index < -0.39 is 0 Å². The first-order valence-corrected chi connectivity index (χ1v) is 8.03. The molecule has 0 aromatic carbocycles. The molecule has 2 fully saturated rings. The lowest BCUT2D eigenvalue weighted by atomic mass is 10.2. The van der Waals surface area contributed by atoms with Crippen LogP contribution >= 0.6 is 0 Å². The highest BCUT2D eigenvalue weighted by Gasteiger charge is 2.21. The number of nitrogens with zero attached hydrogens (tertiary/aromatic N) is 3. The van der Waals surface area contributed by atoms with E-state index in [-0.39, 0.29) is 6.61 Å². The van der Waals surface area contributed by atoms with E-state index in [1.54, 1.807) is 0 Å². The molecule has 116 valence electrons. The highest BCUT2D eigenvalue weighted by atomic mass is 16.3. The third-order valence-electron chi connectivity index (χ3n) is 4.37. The first kappa shape index (κ1) is 14.8. The van der Waals surface area contributed by atoms with Gasteiger partial charge in [-0.3, -0.25) is 4.90 Å². The lowest BCUT2D eigenvalue weighted by molar-refractivity contribution is 0.188. The van der Waals surface area contributed by atoms with Crippen molar-refractivity contribution < 1.29 is 5.11 Å². The zero-order valence-electron chi connectivity index (χ0n) is 12.9. The Hall–Kier alpha value is -1.17. The number of piperazine rings is 1. The predicted octanol–water partition coefficient (Wildman–Crippen LogP) is 0.756. The molecular weight excluding hydrogens is 264 g/mol. The normalized spacial score (nSPS) is 20.0. The number of aliphatic hydroxyl groups is 1. The summed E-state index contributed by atoms with van der Waals surface area (Å²) >= 11 is 0. The Morgan fingerprint density at radius 1 is 1.29 bits per heavy atom. The van der Waals surface area contributed by atoms with Gasteiger partial charge in [0.15, 0.2) is 0 Å². The van der Waals surface area contributed by atoms with Crippen molar-refractivity contribution in [2.45, 2.75) is 32.4 Å². The Bertz CT molecular complexity index is 467. The van der Waals surface area contributed by atoms with Gasteiger partial charge in [-0.05, 0) is 37.0 Å². The fraction of sp³-hybridized carbons (Fsp3) is 0.688. The Labute approximate surface area is 127 Å². The van der Waals surface area contributed by atoms with E-state index in [9.17, 15) is 0 Å². The van der Waals surface area contributed by atoms with Gasteiger partial charge in [0.25, 0.3) is 0 Å². The molecule has 1 saturated heterocycles. The third kappa shape index (κ3) is 3.93. The van der Waals surface area contributed by atoms with Gasteiger partial charge in [0.1, 0.15) is 5.82 Å². The minimum Gasteiger partial charge on any atom is -0.395 e. The number of pyridine rings is 1. The fourth-order valence-electron chi connectivity index (χ4n) is 2.93. The maximum absolute atomic E-state index is 9.00. The molecule has 0 amide bonds. The van der Waals surface area contributed by atoms with Crippen molar-refractivity contribution in [2.24, 2.45) is 0 Å². The number of aromatic nitrogens is 1. The Morgan fingerprint density at radius 2 is 2.05 bits per heavy atom. The number of anilines is 1. The fourth-order valence-corrected chi connectivity index (χ4v) is 2.93. The van der Waals surface area contributed by atoms with Crippen LogP contribution in [0.4, 0.5) is 5.82 Å². The monoisotopic (exact) mass is 290 g/mol. The molecule has 21 heavy (non-hydrogen) atoms. The topological polar surface area (TPSA) is 51.6 Å². The number of aliphatic hydroxyl groups excluding tert-OH is 1. The lowest BCUT2D eigenvalue weighted by Crippen LogP contribution is -2.47. The smallest absolute Gasteiger partial charge is 0.131 e. The maximum Gasteiger partial charge on any atom is 0.131 e. The van der Waals surface area contributed by atoms with Crippen LogP contribution in [0.15, 0.2) is 12.3 Å². The third-order valence-corrected chi connectivity index (χ3v) is 4.37. The molecule has 1 aliphatic carbocycles. The number of nitrogens with one attached hydrogen (secondary N) is 1. The van der Waals surface area contributed by atoms with Crippen LogP contribution in [-0.4, -0.2) is 60.4 Å². The van der Waals surface area contributed by atoms with Crippen LogP contribution in [0, 0.1) is 6.92 Å². The molecule has 0 atom stereocenters. The molecule has 0 spiro atoms. The molecule has 1 aromatic rings. The molecule has 5 nitrogen and oxygen atoms in total. The zero-order valence-corrected chi connectivity index (χ0v) is 12.9. The van der Waals surface area contributed by atoms with Crippen molar-refractivity contribution in [3.05, 3.63) is 23.4 Å². The minimum absolute atomic E-state index is 0.250. The minimum atomic E-state index is 0.250. The predicted molar refractivity (Wildman–Crippen MR) is 84.6 cm³/mol. The zero-order chi connectivity index (χ0) is 14.7. The van der Waals surface area contributed by atoms with Gasteiger partial charge >= 0.3 is 0 Å². The molecule has 3 rings (SSSR count). The first-order valence-electron chi connectivity index (χ1n) is 8.03. The Balaban J connectivity index is 1.57. The van der Waals surface area contributed by atoms with Gasteiger partial charge < -0.3 is 15.3 Å². The molecule has 1 aromatic heterocycles. The highest BCUT2D eigenvalue weighted by Crippen LogP contribution is 2.22. The van der Waals surface area contributed by atoms with E-state index >= 15 is 0 Å². The number of hydrogen-bond donors (Lipinski definition) is 2. The highest BCUT2D eigenvalue weighted by molar-refractivity contribution is 5.47. The molecule has 0 radical (unpaired) electrons. The lowest BCUT2D eigenvalue weighted by Gasteiger charge is -2.35. The Kier molecular flexibility index (Phi) is 4.73. The molecule has 1 saturated carbocycles. The van der Waals surface area contributed by atoms with Crippen molar-refractivity contribution in [3.8, 4) is 0 Å². The van der Waals surface area contributed by atoms with E-state index in [4.69, 9.17) is 5.11 Å². The SMILES string of the molecule is Cc1cc(CNC2CC2)cnc1N1CCN(CCO)CC1. The number of rotatable bonds is 6. The van der Waals surface area contributed by atoms with Crippen LogP contribution < -0.4 is 10.2 Å². The molecule has 0 unspecified atom stereocenters. The molecular formula is C16H26N4O. The second kappa shape index (κ2) is 6.73. The van der Waals surface area contributed by atoms with E-state index in [1.807, 2.05) is 6.20 Å². The maximum atomic E-state index is 9.00. The van der Waals surface area contributed by atoms with Gasteiger partial charge in [0, 0.05) is 51.5 Å². The number of hydrogen-bond acceptors (Lipinski definition) is 5. The van der Waals surface area contributed by atoms with Crippen molar-refractivity contribution >= 4 is 5.82 Å². The number of β-amino-alcohol motifs (C(OH)–C–C–N with tert-alkyl or cyclic N) is 1. The van der Waals surface area contributed by atoms with Gasteiger partial charge in [-0.1, -0.05) is 0 Å². The second-order valence-electron chi connectivity index (χ2n) is 6.19. The van der Waals surface area contributed by atoms with Crippen molar-refractivity contribution in [1.82, 2.24) is 15.2 Å². The average Bonchev–Trinajstić information content (AvgIpc) is 3.31. The summed E-state index contributed by atoms with van der Waals surface area (Å²) in [5.41, 5.74) is 2.54. The van der Waals surface area contributed by atoms with Gasteiger partial charge in [-0.2, -0.15) is 0 Å². The quantitative estimate of drug-likeness (QED) is 0.810. The Morgan fingerprint density at radius 3 is 2.67 bits per heavy atom. The molecule has 1 aliphatic heterocycles. The van der Waals surface area contributed by atoms with Crippen LogP contribution in [0.2, 0.25) is 0 Å². The van der Waals surface area contributed by atoms with E-state index in [0.717, 1.165) is 51.1 Å². The molecule has 0 bridgehead atoms. The molecule has 2 aliphatic rings. The first-order chi connectivity index (χ1) is 10.3. The van der Waals surface area contributed by atoms with E-state index in [2.05, 4.69) is 33.1 Å². The van der Waals surface area contributed by atoms with Crippen molar-refractivity contribution in [3.63, 3.8) is 0 Å². The van der Waals surface area contributed by atoms with E-state index in [1.165, 1.54) is 24.0 Å². The molecule has 5 heteroatoms. The average molecular weight is 290 g/mol. The summed E-state index contributed by atoms with van der Waals surface area (Å²) in [6.07, 6.45) is 4.66. The summed E-state index contributed by atoms with van der Waals surface area (Å²) in [6, 6.07) is 3.00. The van der Waals surface area contributed by atoms with Crippen LogP contribution in [0.1, 0.15) is 24.0 Å². The van der Waals surface area contributed by atoms with Crippen LogP contribution in [-0.2, 0) is 6.54 Å². The van der Waals surface area contributed by atoms with Crippen LogP contribution in [0.3, 0.4) is 0 Å². The van der Waals surface area contributed by atoms with Crippen LogP contribution in [0.5, 0.6) is 0 Å². The summed E-state index contributed by atoms with van der Waals surface area (Å²) in [5, 5.41) is 12.5. The summed E-state index contributed by atoms with van der Waals surface area (Å²) in [6.45, 7) is 8.12.